The molecule has 2 heterocycles. The largest absolute Gasteiger partial charge is 0.349 e. The van der Waals surface area contributed by atoms with Crippen LogP contribution in [0.5, 0.6) is 0 Å². The summed E-state index contributed by atoms with van der Waals surface area (Å²) in [6.45, 7) is 9.94. The van der Waals surface area contributed by atoms with Crippen molar-refractivity contribution < 1.29 is 14.4 Å². The molecule has 0 unspecified atom stereocenters. The minimum atomic E-state index is -0.735. The van der Waals surface area contributed by atoms with Crippen molar-refractivity contribution in [3.63, 3.8) is 0 Å². The lowest BCUT2D eigenvalue weighted by Gasteiger charge is -2.26. The summed E-state index contributed by atoms with van der Waals surface area (Å²) in [6, 6.07) is 6.75. The van der Waals surface area contributed by atoms with Gasteiger partial charge in [-0.3, -0.25) is 14.9 Å². The summed E-state index contributed by atoms with van der Waals surface area (Å²) in [5.74, 6) is -1.30. The number of amides is 4. The zero-order valence-electron chi connectivity index (χ0n) is 16.2. The highest BCUT2D eigenvalue weighted by Crippen LogP contribution is 2.25. The van der Waals surface area contributed by atoms with Crippen LogP contribution in [0, 0.1) is 20.8 Å². The predicted octanol–water partition coefficient (Wildman–Crippen LogP) is 3.66. The second kappa shape index (κ2) is 6.87. The van der Waals surface area contributed by atoms with Crippen molar-refractivity contribution in [1.82, 2.24) is 9.88 Å². The highest BCUT2D eigenvalue weighted by molar-refractivity contribution is 6.39. The third kappa shape index (κ3) is 3.43. The maximum absolute atomic E-state index is 12.9. The van der Waals surface area contributed by atoms with Crippen molar-refractivity contribution in [3.8, 4) is 0 Å². The third-order valence-electron chi connectivity index (χ3n) is 4.79. The first kappa shape index (κ1) is 18.6. The summed E-state index contributed by atoms with van der Waals surface area (Å²) in [6.07, 6.45) is 3.42. The topological polar surface area (TPSA) is 71.4 Å². The number of aromatic nitrogens is 1. The zero-order valence-corrected chi connectivity index (χ0v) is 16.2. The summed E-state index contributed by atoms with van der Waals surface area (Å²) < 4.78 is 2.06. The molecule has 0 saturated carbocycles. The number of nitrogens with zero attached hydrogens (tertiary/aromatic N) is 2. The Hall–Kier alpha value is -3.15. The van der Waals surface area contributed by atoms with Crippen LogP contribution in [-0.4, -0.2) is 22.4 Å². The van der Waals surface area contributed by atoms with Crippen molar-refractivity contribution >= 4 is 29.6 Å². The number of urea groups is 1. The van der Waals surface area contributed by atoms with E-state index in [-0.39, 0.29) is 11.6 Å². The van der Waals surface area contributed by atoms with E-state index < -0.39 is 17.8 Å². The summed E-state index contributed by atoms with van der Waals surface area (Å²) in [4.78, 5) is 38.5. The first-order valence-corrected chi connectivity index (χ1v) is 8.86. The van der Waals surface area contributed by atoms with Crippen LogP contribution in [0.3, 0.4) is 0 Å². The van der Waals surface area contributed by atoms with Gasteiger partial charge in [-0.2, -0.15) is 0 Å². The van der Waals surface area contributed by atoms with Crippen LogP contribution in [0.1, 0.15) is 42.3 Å². The van der Waals surface area contributed by atoms with Crippen LogP contribution in [0.2, 0.25) is 0 Å². The molecule has 1 aliphatic heterocycles. The van der Waals surface area contributed by atoms with Crippen molar-refractivity contribution in [2.75, 3.05) is 4.90 Å². The lowest BCUT2D eigenvalue weighted by Crippen LogP contribution is -2.54. The molecule has 140 valence electrons. The second-order valence-corrected chi connectivity index (χ2v) is 7.14. The van der Waals surface area contributed by atoms with Crippen LogP contribution in [0.25, 0.3) is 6.08 Å². The van der Waals surface area contributed by atoms with Crippen LogP contribution in [-0.2, 0) is 9.59 Å². The van der Waals surface area contributed by atoms with E-state index in [1.165, 1.54) is 6.08 Å². The number of carbonyl (C=O) groups is 3. The fourth-order valence-corrected chi connectivity index (χ4v) is 3.17. The fourth-order valence-electron chi connectivity index (χ4n) is 3.17. The van der Waals surface area contributed by atoms with E-state index in [1.54, 1.807) is 12.1 Å². The molecule has 3 rings (SSSR count). The molecular formula is C21H23N3O3. The van der Waals surface area contributed by atoms with Gasteiger partial charge < -0.3 is 4.57 Å². The average Bonchev–Trinajstić information content (AvgIpc) is 2.95. The maximum Gasteiger partial charge on any atom is 0.335 e. The molecule has 1 aromatic carbocycles. The van der Waals surface area contributed by atoms with Gasteiger partial charge in [-0.05, 0) is 75.6 Å². The molecule has 1 saturated heterocycles. The fraction of sp³-hybridized carbons (Fsp3) is 0.286. The lowest BCUT2D eigenvalue weighted by molar-refractivity contribution is -0.122. The molecule has 2 aromatic rings. The predicted molar refractivity (Wildman–Crippen MR) is 104 cm³/mol. The number of carbonyl (C=O) groups excluding carboxylic acids is 3. The van der Waals surface area contributed by atoms with E-state index in [1.807, 2.05) is 39.1 Å². The Balaban J connectivity index is 2.02. The number of hydrogen-bond donors (Lipinski definition) is 1. The minimum Gasteiger partial charge on any atom is -0.349 e. The first-order valence-electron chi connectivity index (χ1n) is 8.86. The van der Waals surface area contributed by atoms with Crippen LogP contribution in [0.15, 0.2) is 36.0 Å². The van der Waals surface area contributed by atoms with E-state index in [0.29, 0.717) is 5.69 Å². The number of hydrogen-bond acceptors (Lipinski definition) is 3. The minimum absolute atomic E-state index is 0.0614. The number of nitrogens with one attached hydrogen (secondary N) is 1. The molecular weight excluding hydrogens is 342 g/mol. The van der Waals surface area contributed by atoms with Gasteiger partial charge in [-0.1, -0.05) is 6.07 Å². The van der Waals surface area contributed by atoms with Gasteiger partial charge in [0.2, 0.25) is 0 Å². The Labute approximate surface area is 158 Å². The van der Waals surface area contributed by atoms with Crippen LogP contribution < -0.4 is 10.2 Å². The Kier molecular flexibility index (Phi) is 4.74. The highest BCUT2D eigenvalue weighted by atomic mass is 16.2. The molecule has 0 radical (unpaired) electrons. The van der Waals surface area contributed by atoms with Crippen molar-refractivity contribution in [2.24, 2.45) is 0 Å². The Morgan fingerprint density at radius 1 is 1.00 bits per heavy atom. The molecule has 0 spiro atoms. The number of rotatable bonds is 3. The number of anilines is 1. The summed E-state index contributed by atoms with van der Waals surface area (Å²) in [7, 11) is 0. The third-order valence-corrected chi connectivity index (χ3v) is 4.79. The Morgan fingerprint density at radius 2 is 1.70 bits per heavy atom. The lowest BCUT2D eigenvalue weighted by atomic mass is 10.1. The van der Waals surface area contributed by atoms with Gasteiger partial charge in [0.25, 0.3) is 11.8 Å². The number of benzene rings is 1. The quantitative estimate of drug-likeness (QED) is 0.666. The van der Waals surface area contributed by atoms with Gasteiger partial charge in [-0.25, -0.2) is 9.69 Å². The number of aryl methyl sites for hydroxylation is 3. The van der Waals surface area contributed by atoms with Crippen LogP contribution >= 0.6 is 0 Å². The molecule has 1 aromatic heterocycles. The normalized spacial score (nSPS) is 16.4. The second-order valence-electron chi connectivity index (χ2n) is 7.14. The summed E-state index contributed by atoms with van der Waals surface area (Å²) in [5, 5.41) is 2.26. The van der Waals surface area contributed by atoms with Gasteiger partial charge in [0, 0.05) is 17.9 Å². The van der Waals surface area contributed by atoms with Gasteiger partial charge >= 0.3 is 6.03 Å². The molecule has 4 amide bonds. The standard InChI is InChI=1S/C21H23N3O3/c1-12(2)23-11-16(9-15(23)5)10-18-19(25)22-21(27)24(20(18)26)17-7-6-13(3)14(4)8-17/h6-12H,1-5H3,(H,22,25,27)/b18-10-. The van der Waals surface area contributed by atoms with E-state index in [0.717, 1.165) is 27.3 Å². The highest BCUT2D eigenvalue weighted by Gasteiger charge is 2.37. The first-order chi connectivity index (χ1) is 12.7. The van der Waals surface area contributed by atoms with Gasteiger partial charge in [-0.15, -0.1) is 0 Å². The Morgan fingerprint density at radius 3 is 2.30 bits per heavy atom. The van der Waals surface area contributed by atoms with Gasteiger partial charge in [0.05, 0.1) is 5.69 Å². The van der Waals surface area contributed by atoms with E-state index in [2.05, 4.69) is 23.7 Å². The zero-order chi connectivity index (χ0) is 19.9. The molecule has 1 N–H and O–H groups in total. The van der Waals surface area contributed by atoms with Crippen LogP contribution in [0.4, 0.5) is 10.5 Å². The number of imide groups is 2. The molecule has 6 heteroatoms. The molecule has 27 heavy (non-hydrogen) atoms. The molecule has 1 fully saturated rings. The average molecular weight is 365 g/mol. The molecule has 6 nitrogen and oxygen atoms in total. The van der Waals surface area contributed by atoms with Crippen molar-refractivity contribution in [1.29, 1.82) is 0 Å². The maximum atomic E-state index is 12.9. The van der Waals surface area contributed by atoms with E-state index in [9.17, 15) is 14.4 Å². The van der Waals surface area contributed by atoms with Gasteiger partial charge in [0.15, 0.2) is 0 Å². The SMILES string of the molecule is Cc1ccc(N2C(=O)NC(=O)/C(=C/c3cc(C)n(C(C)C)c3)C2=O)cc1C. The summed E-state index contributed by atoms with van der Waals surface area (Å²) >= 11 is 0. The number of barbiturate groups is 1. The summed E-state index contributed by atoms with van der Waals surface area (Å²) in [5.41, 5.74) is 4.17. The van der Waals surface area contributed by atoms with Crippen molar-refractivity contribution in [3.05, 3.63) is 58.4 Å². The van der Waals surface area contributed by atoms with Crippen molar-refractivity contribution in [2.45, 2.75) is 40.7 Å². The smallest absolute Gasteiger partial charge is 0.335 e. The molecule has 0 bridgehead atoms. The molecule has 0 atom stereocenters. The molecule has 1 aliphatic rings. The molecule has 0 aliphatic carbocycles. The monoisotopic (exact) mass is 365 g/mol. The Bertz CT molecular complexity index is 983. The van der Waals surface area contributed by atoms with Gasteiger partial charge in [0.1, 0.15) is 5.57 Å². The van der Waals surface area contributed by atoms with E-state index >= 15 is 0 Å². The van der Waals surface area contributed by atoms with E-state index in [4.69, 9.17) is 0 Å².